The predicted molar refractivity (Wildman–Crippen MR) is 138 cm³/mol. The van der Waals surface area contributed by atoms with Gasteiger partial charge in [0.2, 0.25) is 0 Å². The van der Waals surface area contributed by atoms with Gasteiger partial charge >= 0.3 is 17.8 Å². The molecule has 0 heterocycles. The van der Waals surface area contributed by atoms with Crippen molar-refractivity contribution in [2.45, 2.75) is 13.3 Å². The van der Waals surface area contributed by atoms with E-state index in [0.717, 1.165) is 6.42 Å². The van der Waals surface area contributed by atoms with Gasteiger partial charge in [-0.3, -0.25) is 9.59 Å². The van der Waals surface area contributed by atoms with E-state index >= 15 is 0 Å². The topological polar surface area (TPSA) is 125 Å². The summed E-state index contributed by atoms with van der Waals surface area (Å²) >= 11 is 0. The van der Waals surface area contributed by atoms with Gasteiger partial charge in [0.05, 0.1) is 32.6 Å². The van der Waals surface area contributed by atoms with Gasteiger partial charge in [0.25, 0.3) is 0 Å². The summed E-state index contributed by atoms with van der Waals surface area (Å²) in [5, 5.41) is 6.25. The Morgan fingerprint density at radius 2 is 1.54 bits per heavy atom. The quantitative estimate of drug-likeness (QED) is 0.141. The molecule has 0 aromatic heterocycles. The third-order valence-electron chi connectivity index (χ3n) is 4.89. The van der Waals surface area contributed by atoms with Crippen molar-refractivity contribution < 1.29 is 33.3 Å². The van der Waals surface area contributed by atoms with Crippen molar-refractivity contribution in [1.29, 1.82) is 0 Å². The summed E-state index contributed by atoms with van der Waals surface area (Å²) < 4.78 is 21.3. The molecule has 3 aromatic carbocycles. The molecule has 0 unspecified atom stereocenters. The Bertz CT molecular complexity index is 1260. The van der Waals surface area contributed by atoms with Crippen molar-refractivity contribution in [2.24, 2.45) is 5.10 Å². The number of ether oxygens (including phenoxy) is 4. The normalized spacial score (nSPS) is 10.5. The highest BCUT2D eigenvalue weighted by atomic mass is 16.6. The first-order valence-corrected chi connectivity index (χ1v) is 11.3. The summed E-state index contributed by atoms with van der Waals surface area (Å²) in [5.74, 6) is -0.609. The first kappa shape index (κ1) is 26.7. The fourth-order valence-electron chi connectivity index (χ4n) is 2.99. The number of nitrogens with zero attached hydrogens (tertiary/aromatic N) is 1. The summed E-state index contributed by atoms with van der Waals surface area (Å²) in [6, 6.07) is 17.9. The van der Waals surface area contributed by atoms with Crippen LogP contribution in [0.5, 0.6) is 23.0 Å². The predicted octanol–water partition coefficient (Wildman–Crippen LogP) is 3.80. The highest BCUT2D eigenvalue weighted by Gasteiger charge is 2.14. The van der Waals surface area contributed by atoms with E-state index in [0.29, 0.717) is 34.9 Å². The first-order chi connectivity index (χ1) is 17.9. The van der Waals surface area contributed by atoms with Gasteiger partial charge in [-0.25, -0.2) is 10.2 Å². The standard InChI is InChI=1S/C27H27N3O7/c1-4-15-36-22-10-6-19(7-11-22)27(33)37-23-14-5-18(16-24(23)35-3)17-28-30-26(32)25(31)29-20-8-12-21(34-2)13-9-20/h5-14,16-17H,4,15H2,1-3H3,(H,29,31)(H,30,32). The number of methoxy groups -OCH3 is 2. The van der Waals surface area contributed by atoms with Crippen molar-refractivity contribution in [2.75, 3.05) is 26.1 Å². The molecule has 10 nitrogen and oxygen atoms in total. The Morgan fingerprint density at radius 1 is 0.838 bits per heavy atom. The molecule has 3 rings (SSSR count). The second-order valence-corrected chi connectivity index (χ2v) is 7.55. The van der Waals surface area contributed by atoms with Crippen LogP contribution in [0.2, 0.25) is 0 Å². The minimum Gasteiger partial charge on any atom is -0.497 e. The van der Waals surface area contributed by atoms with E-state index < -0.39 is 17.8 Å². The van der Waals surface area contributed by atoms with Crippen LogP contribution < -0.4 is 29.7 Å². The molecular weight excluding hydrogens is 478 g/mol. The van der Waals surface area contributed by atoms with Crippen molar-refractivity contribution in [3.8, 4) is 23.0 Å². The Hall–Kier alpha value is -4.86. The molecule has 0 spiro atoms. The van der Waals surface area contributed by atoms with Crippen molar-refractivity contribution in [3.05, 3.63) is 77.9 Å². The highest BCUT2D eigenvalue weighted by Crippen LogP contribution is 2.28. The molecule has 0 saturated heterocycles. The minimum atomic E-state index is -0.948. The smallest absolute Gasteiger partial charge is 0.343 e. The molecule has 2 N–H and O–H groups in total. The third-order valence-corrected chi connectivity index (χ3v) is 4.89. The van der Waals surface area contributed by atoms with Crippen molar-refractivity contribution in [3.63, 3.8) is 0 Å². The second-order valence-electron chi connectivity index (χ2n) is 7.55. The maximum absolute atomic E-state index is 12.5. The molecule has 0 aliphatic heterocycles. The van der Waals surface area contributed by atoms with E-state index in [1.54, 1.807) is 60.7 Å². The zero-order valence-electron chi connectivity index (χ0n) is 20.6. The lowest BCUT2D eigenvalue weighted by atomic mass is 10.2. The number of carbonyl (C=O) groups is 3. The fourth-order valence-corrected chi connectivity index (χ4v) is 2.99. The monoisotopic (exact) mass is 505 g/mol. The molecule has 0 atom stereocenters. The number of hydrogen-bond acceptors (Lipinski definition) is 8. The molecular formula is C27H27N3O7. The highest BCUT2D eigenvalue weighted by molar-refractivity contribution is 6.39. The van der Waals surface area contributed by atoms with Gasteiger partial charge in [-0.2, -0.15) is 5.10 Å². The summed E-state index contributed by atoms with van der Waals surface area (Å²) in [6.07, 6.45) is 2.21. The van der Waals surface area contributed by atoms with Crippen LogP contribution in [0.25, 0.3) is 0 Å². The zero-order valence-corrected chi connectivity index (χ0v) is 20.6. The lowest BCUT2D eigenvalue weighted by molar-refractivity contribution is -0.136. The van der Waals surface area contributed by atoms with Crippen LogP contribution >= 0.6 is 0 Å². The van der Waals surface area contributed by atoms with Crippen LogP contribution in [0.4, 0.5) is 5.69 Å². The first-order valence-electron chi connectivity index (χ1n) is 11.3. The second kappa shape index (κ2) is 13.3. The van der Waals surface area contributed by atoms with Crippen LogP contribution in [-0.2, 0) is 9.59 Å². The number of nitrogens with one attached hydrogen (secondary N) is 2. The van der Waals surface area contributed by atoms with E-state index in [9.17, 15) is 14.4 Å². The number of amides is 2. The van der Waals surface area contributed by atoms with Gasteiger partial charge in [-0.1, -0.05) is 6.92 Å². The Labute approximate surface area is 214 Å². The number of hydrogen-bond donors (Lipinski definition) is 2. The van der Waals surface area contributed by atoms with Gasteiger partial charge < -0.3 is 24.3 Å². The average Bonchev–Trinajstić information content (AvgIpc) is 2.93. The van der Waals surface area contributed by atoms with Crippen molar-refractivity contribution >= 4 is 29.7 Å². The molecule has 3 aromatic rings. The van der Waals surface area contributed by atoms with Gasteiger partial charge in [-0.15, -0.1) is 0 Å². The Kier molecular flexibility index (Phi) is 9.60. The van der Waals surface area contributed by atoms with Crippen LogP contribution in [0.3, 0.4) is 0 Å². The zero-order chi connectivity index (χ0) is 26.6. The molecule has 192 valence electrons. The molecule has 10 heteroatoms. The van der Waals surface area contributed by atoms with Gasteiger partial charge in [0.1, 0.15) is 11.5 Å². The van der Waals surface area contributed by atoms with E-state index in [1.807, 2.05) is 6.92 Å². The van der Waals surface area contributed by atoms with Crippen LogP contribution in [0, 0.1) is 0 Å². The summed E-state index contributed by atoms with van der Waals surface area (Å²) in [4.78, 5) is 36.6. The van der Waals surface area contributed by atoms with E-state index in [4.69, 9.17) is 18.9 Å². The van der Waals surface area contributed by atoms with Crippen LogP contribution in [-0.4, -0.2) is 44.8 Å². The fraction of sp³-hybridized carbons (Fsp3) is 0.185. The van der Waals surface area contributed by atoms with Crippen LogP contribution in [0.1, 0.15) is 29.3 Å². The number of rotatable bonds is 10. The molecule has 37 heavy (non-hydrogen) atoms. The maximum atomic E-state index is 12.5. The lowest BCUT2D eigenvalue weighted by Crippen LogP contribution is -2.32. The average molecular weight is 506 g/mol. The Morgan fingerprint density at radius 3 is 2.19 bits per heavy atom. The van der Waals surface area contributed by atoms with Gasteiger partial charge in [-0.05, 0) is 78.7 Å². The molecule has 0 aliphatic rings. The van der Waals surface area contributed by atoms with Crippen molar-refractivity contribution in [1.82, 2.24) is 5.43 Å². The van der Waals surface area contributed by atoms with E-state index in [2.05, 4.69) is 15.8 Å². The number of hydrazone groups is 1. The third kappa shape index (κ3) is 7.82. The van der Waals surface area contributed by atoms with Gasteiger partial charge in [0, 0.05) is 5.69 Å². The minimum absolute atomic E-state index is 0.207. The maximum Gasteiger partial charge on any atom is 0.343 e. The SMILES string of the molecule is CCCOc1ccc(C(=O)Oc2ccc(C=NNC(=O)C(=O)Nc3ccc(OC)cc3)cc2OC)cc1. The number of anilines is 1. The van der Waals surface area contributed by atoms with Gasteiger partial charge in [0.15, 0.2) is 11.5 Å². The molecule has 0 fully saturated rings. The molecule has 2 amide bonds. The number of esters is 1. The van der Waals surface area contributed by atoms with E-state index in [-0.39, 0.29) is 11.5 Å². The number of carbonyl (C=O) groups excluding carboxylic acids is 3. The molecule has 0 bridgehead atoms. The van der Waals surface area contributed by atoms with E-state index in [1.165, 1.54) is 26.5 Å². The van der Waals surface area contributed by atoms with Crippen LogP contribution in [0.15, 0.2) is 71.8 Å². The number of benzene rings is 3. The lowest BCUT2D eigenvalue weighted by Gasteiger charge is -2.10. The molecule has 0 saturated carbocycles. The Balaban J connectivity index is 1.56. The summed E-state index contributed by atoms with van der Waals surface area (Å²) in [6.45, 7) is 2.60. The largest absolute Gasteiger partial charge is 0.497 e. The summed E-state index contributed by atoms with van der Waals surface area (Å²) in [5.41, 5.74) is 3.47. The summed E-state index contributed by atoms with van der Waals surface area (Å²) in [7, 11) is 2.96. The molecule has 0 aliphatic carbocycles. The molecule has 0 radical (unpaired) electrons.